The highest BCUT2D eigenvalue weighted by molar-refractivity contribution is 7.99. The van der Waals surface area contributed by atoms with Gasteiger partial charge in [0.15, 0.2) is 0 Å². The normalized spacial score (nSPS) is 18.1. The van der Waals surface area contributed by atoms with Crippen LogP contribution in [0, 0.1) is 0 Å². The second-order valence-corrected chi connectivity index (χ2v) is 6.31. The quantitative estimate of drug-likeness (QED) is 0.787. The van der Waals surface area contributed by atoms with Crippen LogP contribution < -0.4 is 16.0 Å². The monoisotopic (exact) mass is 327 g/mol. The van der Waals surface area contributed by atoms with Crippen LogP contribution in [0.5, 0.6) is 0 Å². The largest absolute Gasteiger partial charge is 0.355 e. The number of anilines is 1. The number of hydrogen-bond acceptors (Lipinski definition) is 4. The van der Waals surface area contributed by atoms with E-state index in [-0.39, 0.29) is 17.9 Å². The summed E-state index contributed by atoms with van der Waals surface area (Å²) in [4.78, 5) is 23.5. The van der Waals surface area contributed by atoms with Gasteiger partial charge < -0.3 is 16.0 Å². The van der Waals surface area contributed by atoms with E-state index < -0.39 is 0 Å². The maximum Gasteiger partial charge on any atom is 0.252 e. The zero-order chi connectivity index (χ0) is 15.2. The van der Waals surface area contributed by atoms with Gasteiger partial charge >= 0.3 is 0 Å². The van der Waals surface area contributed by atoms with Crippen LogP contribution in [-0.2, 0) is 4.79 Å². The molecule has 7 heteroatoms. The van der Waals surface area contributed by atoms with E-state index in [0.29, 0.717) is 22.7 Å². The molecule has 0 spiro atoms. The molecule has 1 unspecified atom stereocenters. The Hall–Kier alpha value is -1.24. The maximum atomic E-state index is 12.0. The molecule has 1 fully saturated rings. The van der Waals surface area contributed by atoms with Crippen LogP contribution in [0.25, 0.3) is 0 Å². The number of halogens is 1. The Labute approximate surface area is 133 Å². The van der Waals surface area contributed by atoms with Crippen LogP contribution in [0.3, 0.4) is 0 Å². The first kappa shape index (κ1) is 16.1. The molecule has 1 aliphatic heterocycles. The third-order valence-electron chi connectivity index (χ3n) is 3.15. The van der Waals surface area contributed by atoms with Gasteiger partial charge in [0.1, 0.15) is 0 Å². The van der Waals surface area contributed by atoms with Crippen LogP contribution >= 0.6 is 23.4 Å². The van der Waals surface area contributed by atoms with E-state index >= 15 is 0 Å². The number of rotatable bonds is 4. The minimum atomic E-state index is -0.249. The second kappa shape index (κ2) is 7.68. The number of nitrogens with one attached hydrogen (secondary N) is 3. The first-order valence-electron chi connectivity index (χ1n) is 6.72. The van der Waals surface area contributed by atoms with E-state index in [1.54, 1.807) is 25.2 Å². The Kier molecular flexibility index (Phi) is 5.90. The minimum Gasteiger partial charge on any atom is -0.355 e. The van der Waals surface area contributed by atoms with Crippen molar-refractivity contribution in [3.05, 3.63) is 28.8 Å². The van der Waals surface area contributed by atoms with Crippen molar-refractivity contribution < 1.29 is 9.59 Å². The van der Waals surface area contributed by atoms with Crippen molar-refractivity contribution in [1.29, 1.82) is 0 Å². The van der Waals surface area contributed by atoms with Gasteiger partial charge in [-0.15, -0.1) is 0 Å². The van der Waals surface area contributed by atoms with Crippen LogP contribution in [0.1, 0.15) is 16.8 Å². The number of hydrogen-bond donors (Lipinski definition) is 3. The Morgan fingerprint density at radius 2 is 2.29 bits per heavy atom. The van der Waals surface area contributed by atoms with Crippen molar-refractivity contribution in [2.45, 2.75) is 12.5 Å². The van der Waals surface area contributed by atoms with Crippen molar-refractivity contribution in [1.82, 2.24) is 10.6 Å². The summed E-state index contributed by atoms with van der Waals surface area (Å²) >= 11 is 7.90. The van der Waals surface area contributed by atoms with Crippen LogP contribution in [0.15, 0.2) is 18.2 Å². The highest BCUT2D eigenvalue weighted by atomic mass is 35.5. The molecule has 114 valence electrons. The lowest BCUT2D eigenvalue weighted by molar-refractivity contribution is -0.116. The molecule has 3 N–H and O–H groups in total. The summed E-state index contributed by atoms with van der Waals surface area (Å²) in [5, 5.41) is 8.96. The third kappa shape index (κ3) is 4.62. The van der Waals surface area contributed by atoms with Gasteiger partial charge in [0.25, 0.3) is 5.91 Å². The van der Waals surface area contributed by atoms with Gasteiger partial charge in [0.05, 0.1) is 10.6 Å². The van der Waals surface area contributed by atoms with E-state index in [4.69, 9.17) is 11.6 Å². The first-order valence-corrected chi connectivity index (χ1v) is 8.26. The van der Waals surface area contributed by atoms with Crippen molar-refractivity contribution in [2.75, 3.05) is 30.4 Å². The highest BCUT2D eigenvalue weighted by Crippen LogP contribution is 2.21. The molecule has 1 aliphatic rings. The predicted molar refractivity (Wildman–Crippen MR) is 87.2 cm³/mol. The Morgan fingerprint density at radius 1 is 1.48 bits per heavy atom. The van der Waals surface area contributed by atoms with Gasteiger partial charge in [-0.05, 0) is 18.2 Å². The maximum absolute atomic E-state index is 12.0. The zero-order valence-corrected chi connectivity index (χ0v) is 13.3. The predicted octanol–water partition coefficient (Wildman–Crippen LogP) is 1.73. The van der Waals surface area contributed by atoms with Crippen LogP contribution in [0.2, 0.25) is 5.02 Å². The summed E-state index contributed by atoms with van der Waals surface area (Å²) in [6, 6.07) is 5.08. The van der Waals surface area contributed by atoms with Gasteiger partial charge in [-0.25, -0.2) is 0 Å². The standard InChI is InChI=1S/C14H18ClN3O2S/c1-16-14(20)11-3-2-9(6-12(11)15)18-13(19)7-10-8-21-5-4-17-10/h2-3,6,10,17H,4-5,7-8H2,1H3,(H,16,20)(H,18,19). The van der Waals surface area contributed by atoms with Gasteiger partial charge in [-0.1, -0.05) is 11.6 Å². The molecular weight excluding hydrogens is 310 g/mol. The van der Waals surface area contributed by atoms with Crippen LogP contribution in [-0.4, -0.2) is 43.0 Å². The molecule has 2 rings (SSSR count). The zero-order valence-electron chi connectivity index (χ0n) is 11.7. The van der Waals surface area contributed by atoms with Crippen molar-refractivity contribution in [3.8, 4) is 0 Å². The average Bonchev–Trinajstić information content (AvgIpc) is 2.47. The Bertz CT molecular complexity index is 533. The molecule has 21 heavy (non-hydrogen) atoms. The summed E-state index contributed by atoms with van der Waals surface area (Å²) in [6.45, 7) is 0.940. The lowest BCUT2D eigenvalue weighted by Crippen LogP contribution is -2.39. The number of amides is 2. The van der Waals surface area contributed by atoms with Crippen molar-refractivity contribution in [2.24, 2.45) is 0 Å². The van der Waals surface area contributed by atoms with Crippen molar-refractivity contribution >= 4 is 40.9 Å². The lowest BCUT2D eigenvalue weighted by Gasteiger charge is -2.22. The molecular formula is C14H18ClN3O2S. The summed E-state index contributed by atoms with van der Waals surface area (Å²) in [6.07, 6.45) is 0.432. The van der Waals surface area contributed by atoms with Gasteiger partial charge in [0.2, 0.25) is 5.91 Å². The van der Waals surface area contributed by atoms with E-state index in [1.807, 2.05) is 11.8 Å². The lowest BCUT2D eigenvalue weighted by atomic mass is 10.1. The van der Waals surface area contributed by atoms with Crippen LogP contribution in [0.4, 0.5) is 5.69 Å². The first-order chi connectivity index (χ1) is 10.1. The summed E-state index contributed by atoms with van der Waals surface area (Å²) in [7, 11) is 1.55. The summed E-state index contributed by atoms with van der Waals surface area (Å²) in [5.74, 6) is 1.73. The molecule has 1 aromatic carbocycles. The molecule has 1 atom stereocenters. The SMILES string of the molecule is CNC(=O)c1ccc(NC(=O)CC2CSCCN2)cc1Cl. The third-order valence-corrected chi connectivity index (χ3v) is 4.60. The molecule has 0 bridgehead atoms. The van der Waals surface area contributed by atoms with Gasteiger partial charge in [0, 0.05) is 43.2 Å². The van der Waals surface area contributed by atoms with E-state index in [1.165, 1.54) is 0 Å². The van der Waals surface area contributed by atoms with E-state index in [9.17, 15) is 9.59 Å². The smallest absolute Gasteiger partial charge is 0.252 e. The average molecular weight is 328 g/mol. The fourth-order valence-electron chi connectivity index (χ4n) is 2.10. The summed E-state index contributed by atoms with van der Waals surface area (Å²) < 4.78 is 0. The summed E-state index contributed by atoms with van der Waals surface area (Å²) in [5.41, 5.74) is 0.989. The number of benzene rings is 1. The number of thioether (sulfide) groups is 1. The van der Waals surface area contributed by atoms with Crippen molar-refractivity contribution in [3.63, 3.8) is 0 Å². The molecule has 1 heterocycles. The molecule has 1 aromatic rings. The molecule has 5 nitrogen and oxygen atoms in total. The van der Waals surface area contributed by atoms with Gasteiger partial charge in [-0.2, -0.15) is 11.8 Å². The highest BCUT2D eigenvalue weighted by Gasteiger charge is 2.17. The Balaban J connectivity index is 1.94. The fraction of sp³-hybridized carbons (Fsp3) is 0.429. The molecule has 0 aromatic heterocycles. The molecule has 0 radical (unpaired) electrons. The molecule has 2 amide bonds. The fourth-order valence-corrected chi connectivity index (χ4v) is 3.31. The van der Waals surface area contributed by atoms with E-state index in [0.717, 1.165) is 18.1 Å². The molecule has 0 aliphatic carbocycles. The Morgan fingerprint density at radius 3 is 2.90 bits per heavy atom. The molecule has 0 saturated carbocycles. The molecule has 1 saturated heterocycles. The number of carbonyl (C=O) groups excluding carboxylic acids is 2. The number of carbonyl (C=O) groups is 2. The topological polar surface area (TPSA) is 70.2 Å². The second-order valence-electron chi connectivity index (χ2n) is 4.75. The van der Waals surface area contributed by atoms with E-state index in [2.05, 4.69) is 16.0 Å². The minimum absolute atomic E-state index is 0.0567. The van der Waals surface area contributed by atoms with Gasteiger partial charge in [-0.3, -0.25) is 9.59 Å².